The minimum absolute atomic E-state index is 0.0272. The molecule has 0 atom stereocenters. The third kappa shape index (κ3) is 2.16. The van der Waals surface area contributed by atoms with Gasteiger partial charge in [-0.2, -0.15) is 0 Å². The summed E-state index contributed by atoms with van der Waals surface area (Å²) < 4.78 is 0. The molecule has 7 heteroatoms. The second kappa shape index (κ2) is 4.25. The third-order valence-corrected chi connectivity index (χ3v) is 4.13. The number of nitrogens with zero attached hydrogens (tertiary/aromatic N) is 1. The molecule has 19 heavy (non-hydrogen) atoms. The molecular formula is C12H16N4O3. The molecule has 0 radical (unpaired) electrons. The van der Waals surface area contributed by atoms with E-state index in [-0.39, 0.29) is 22.9 Å². The van der Waals surface area contributed by atoms with Crippen LogP contribution in [0.4, 0.5) is 0 Å². The number of piperidine rings is 1. The maximum Gasteiger partial charge on any atom is 0.323 e. The number of aromatic amines is 2. The average molecular weight is 264 g/mol. The van der Waals surface area contributed by atoms with Crippen molar-refractivity contribution >= 4 is 11.8 Å². The van der Waals surface area contributed by atoms with Crippen molar-refractivity contribution in [1.82, 2.24) is 20.2 Å². The highest BCUT2D eigenvalue weighted by Gasteiger charge is 2.41. The van der Waals surface area contributed by atoms with Gasteiger partial charge in [-0.1, -0.05) is 0 Å². The molecule has 2 aliphatic heterocycles. The van der Waals surface area contributed by atoms with Crippen LogP contribution in [0.25, 0.3) is 0 Å². The van der Waals surface area contributed by atoms with Crippen molar-refractivity contribution in [2.75, 3.05) is 19.6 Å². The van der Waals surface area contributed by atoms with Crippen LogP contribution >= 0.6 is 0 Å². The predicted molar refractivity (Wildman–Crippen MR) is 66.6 cm³/mol. The molecule has 1 aromatic heterocycles. The van der Waals surface area contributed by atoms with E-state index in [1.807, 2.05) is 0 Å². The Morgan fingerprint density at radius 3 is 2.53 bits per heavy atom. The molecule has 0 aliphatic carbocycles. The van der Waals surface area contributed by atoms with E-state index in [2.05, 4.69) is 15.3 Å². The lowest BCUT2D eigenvalue weighted by atomic mass is 9.77. The van der Waals surface area contributed by atoms with Crippen LogP contribution in [0.3, 0.4) is 0 Å². The molecule has 0 bridgehead atoms. The fraction of sp³-hybridized carbons (Fsp3) is 0.583. The van der Waals surface area contributed by atoms with Gasteiger partial charge in [0, 0.05) is 32.3 Å². The SMILES string of the molecule is O=C1CC2(CCN(C(=O)c3c[nH]c(=O)[nH]3)CC2)CN1. The number of carbonyl (C=O) groups excluding carboxylic acids is 2. The van der Waals surface area contributed by atoms with E-state index in [9.17, 15) is 14.4 Å². The number of hydrogen-bond donors (Lipinski definition) is 3. The van der Waals surface area contributed by atoms with Gasteiger partial charge in [0.2, 0.25) is 5.91 Å². The standard InChI is InChI=1S/C12H16N4O3/c17-9-5-12(7-14-9)1-3-16(4-2-12)10(18)8-6-13-11(19)15-8/h6H,1-5,7H2,(H,14,17)(H2,13,15,19). The summed E-state index contributed by atoms with van der Waals surface area (Å²) in [6, 6.07) is 0. The summed E-state index contributed by atoms with van der Waals surface area (Å²) in [7, 11) is 0. The smallest absolute Gasteiger partial charge is 0.323 e. The highest BCUT2D eigenvalue weighted by atomic mass is 16.2. The summed E-state index contributed by atoms with van der Waals surface area (Å²) in [5, 5.41) is 2.86. The zero-order chi connectivity index (χ0) is 13.5. The molecule has 3 heterocycles. The van der Waals surface area contributed by atoms with E-state index in [0.717, 1.165) is 19.4 Å². The van der Waals surface area contributed by atoms with E-state index < -0.39 is 0 Å². The topological polar surface area (TPSA) is 98.1 Å². The van der Waals surface area contributed by atoms with Gasteiger partial charge in [-0.05, 0) is 18.3 Å². The van der Waals surface area contributed by atoms with Gasteiger partial charge in [0.1, 0.15) is 5.69 Å². The first-order valence-electron chi connectivity index (χ1n) is 6.42. The lowest BCUT2D eigenvalue weighted by Crippen LogP contribution is -2.44. The van der Waals surface area contributed by atoms with Crippen LogP contribution in [-0.4, -0.2) is 46.3 Å². The van der Waals surface area contributed by atoms with Crippen molar-refractivity contribution < 1.29 is 9.59 Å². The van der Waals surface area contributed by atoms with Crippen molar-refractivity contribution in [2.45, 2.75) is 19.3 Å². The van der Waals surface area contributed by atoms with Gasteiger partial charge in [-0.3, -0.25) is 9.59 Å². The Hall–Kier alpha value is -2.05. The fourth-order valence-corrected chi connectivity index (χ4v) is 2.91. The zero-order valence-corrected chi connectivity index (χ0v) is 10.5. The Morgan fingerprint density at radius 2 is 2.00 bits per heavy atom. The molecule has 2 aliphatic rings. The van der Waals surface area contributed by atoms with Crippen molar-refractivity contribution in [1.29, 1.82) is 0 Å². The van der Waals surface area contributed by atoms with Gasteiger partial charge in [-0.15, -0.1) is 0 Å². The molecule has 3 N–H and O–H groups in total. The number of H-pyrrole nitrogens is 2. The monoisotopic (exact) mass is 264 g/mol. The maximum absolute atomic E-state index is 12.1. The Kier molecular flexibility index (Phi) is 2.69. The van der Waals surface area contributed by atoms with Crippen molar-refractivity contribution in [3.63, 3.8) is 0 Å². The molecule has 0 saturated carbocycles. The molecular weight excluding hydrogens is 248 g/mol. The Balaban J connectivity index is 1.66. The van der Waals surface area contributed by atoms with Gasteiger partial charge in [0.05, 0.1) is 0 Å². The largest absolute Gasteiger partial charge is 0.356 e. The number of carbonyl (C=O) groups is 2. The summed E-state index contributed by atoms with van der Waals surface area (Å²) in [6.45, 7) is 1.97. The van der Waals surface area contributed by atoms with Crippen LogP contribution in [0.5, 0.6) is 0 Å². The molecule has 3 rings (SSSR count). The molecule has 0 unspecified atom stereocenters. The predicted octanol–water partition coefficient (Wildman–Crippen LogP) is -0.555. The number of rotatable bonds is 1. The van der Waals surface area contributed by atoms with Gasteiger partial charge < -0.3 is 20.2 Å². The first-order chi connectivity index (χ1) is 9.08. The van der Waals surface area contributed by atoms with Crippen LogP contribution in [0.15, 0.2) is 11.0 Å². The summed E-state index contributed by atoms with van der Waals surface area (Å²) in [4.78, 5) is 41.1. The van der Waals surface area contributed by atoms with Gasteiger partial charge in [0.15, 0.2) is 0 Å². The lowest BCUT2D eigenvalue weighted by molar-refractivity contribution is -0.119. The quantitative estimate of drug-likeness (QED) is 0.634. The first-order valence-corrected chi connectivity index (χ1v) is 6.42. The molecule has 102 valence electrons. The van der Waals surface area contributed by atoms with Crippen LogP contribution in [0.1, 0.15) is 29.8 Å². The molecule has 2 fully saturated rings. The number of amides is 2. The fourth-order valence-electron chi connectivity index (χ4n) is 2.91. The second-order valence-corrected chi connectivity index (χ2v) is 5.40. The van der Waals surface area contributed by atoms with Crippen LogP contribution in [-0.2, 0) is 4.79 Å². The third-order valence-electron chi connectivity index (χ3n) is 4.13. The normalized spacial score (nSPS) is 21.7. The summed E-state index contributed by atoms with van der Waals surface area (Å²) in [5.41, 5.74) is -0.0524. The van der Waals surface area contributed by atoms with Crippen LogP contribution in [0.2, 0.25) is 0 Å². The maximum atomic E-state index is 12.1. The molecule has 2 saturated heterocycles. The highest BCUT2D eigenvalue weighted by molar-refractivity contribution is 5.92. The lowest BCUT2D eigenvalue weighted by Gasteiger charge is -2.37. The van der Waals surface area contributed by atoms with E-state index >= 15 is 0 Å². The van der Waals surface area contributed by atoms with E-state index in [1.165, 1.54) is 6.20 Å². The number of hydrogen-bond acceptors (Lipinski definition) is 3. The Labute approximate surface area is 109 Å². The van der Waals surface area contributed by atoms with Crippen molar-refractivity contribution in [3.8, 4) is 0 Å². The van der Waals surface area contributed by atoms with Crippen molar-refractivity contribution in [2.24, 2.45) is 5.41 Å². The minimum Gasteiger partial charge on any atom is -0.356 e. The van der Waals surface area contributed by atoms with Gasteiger partial charge >= 0.3 is 5.69 Å². The minimum atomic E-state index is -0.373. The number of aromatic nitrogens is 2. The summed E-state index contributed by atoms with van der Waals surface area (Å²) in [6.07, 6.45) is 3.62. The second-order valence-electron chi connectivity index (χ2n) is 5.40. The Bertz CT molecular complexity index is 566. The van der Waals surface area contributed by atoms with Gasteiger partial charge in [-0.25, -0.2) is 4.79 Å². The summed E-state index contributed by atoms with van der Waals surface area (Å²) in [5.74, 6) is -0.0553. The number of imidazole rings is 1. The highest BCUT2D eigenvalue weighted by Crippen LogP contribution is 2.37. The molecule has 2 amide bonds. The zero-order valence-electron chi connectivity index (χ0n) is 10.5. The first kappa shape index (κ1) is 12.0. The van der Waals surface area contributed by atoms with Crippen LogP contribution in [0, 0.1) is 5.41 Å². The van der Waals surface area contributed by atoms with E-state index in [4.69, 9.17) is 0 Å². The van der Waals surface area contributed by atoms with Crippen LogP contribution < -0.4 is 11.0 Å². The van der Waals surface area contributed by atoms with E-state index in [0.29, 0.717) is 25.2 Å². The van der Waals surface area contributed by atoms with E-state index in [1.54, 1.807) is 4.90 Å². The molecule has 1 aromatic rings. The van der Waals surface area contributed by atoms with Crippen molar-refractivity contribution in [3.05, 3.63) is 22.4 Å². The molecule has 7 nitrogen and oxygen atoms in total. The molecule has 0 aromatic carbocycles. The summed E-state index contributed by atoms with van der Waals surface area (Å²) >= 11 is 0. The average Bonchev–Trinajstić information content (AvgIpc) is 2.97. The number of likely N-dealkylation sites (tertiary alicyclic amines) is 1. The Morgan fingerprint density at radius 1 is 1.26 bits per heavy atom. The number of nitrogens with one attached hydrogen (secondary N) is 3. The van der Waals surface area contributed by atoms with Gasteiger partial charge in [0.25, 0.3) is 5.91 Å². The molecule has 1 spiro atoms.